The molecule has 1 nitrogen and oxygen atoms in total. The van der Waals surface area contributed by atoms with Gasteiger partial charge < -0.3 is 5.73 Å². The summed E-state index contributed by atoms with van der Waals surface area (Å²) in [6.07, 6.45) is 0.961. The molecule has 0 saturated heterocycles. The van der Waals surface area contributed by atoms with Crippen LogP contribution in [-0.2, 0) is 0 Å². The number of nitrogens with two attached hydrogens (primary N) is 1. The summed E-state index contributed by atoms with van der Waals surface area (Å²) in [5.41, 5.74) is 6.66. The largest absolute Gasteiger partial charge is 0.322 e. The van der Waals surface area contributed by atoms with Crippen LogP contribution >= 0.6 is 0 Å². The van der Waals surface area contributed by atoms with Crippen molar-refractivity contribution in [2.24, 2.45) is 5.73 Å². The van der Waals surface area contributed by atoms with Crippen molar-refractivity contribution in [3.05, 3.63) is 12.2 Å². The van der Waals surface area contributed by atoms with Gasteiger partial charge in [-0.15, -0.1) is 0 Å². The zero-order valence-electron chi connectivity index (χ0n) is 5.99. The average Bonchev–Trinajstić information content (AvgIpc) is 1.67. The van der Waals surface area contributed by atoms with Crippen LogP contribution in [0.5, 0.6) is 0 Å². The van der Waals surface area contributed by atoms with Crippen molar-refractivity contribution in [3.63, 3.8) is 0 Å². The van der Waals surface area contributed by atoms with Gasteiger partial charge in [-0.2, -0.15) is 0 Å². The number of rotatable bonds is 2. The van der Waals surface area contributed by atoms with E-state index in [9.17, 15) is 0 Å². The van der Waals surface area contributed by atoms with E-state index in [-0.39, 0.29) is 5.54 Å². The topological polar surface area (TPSA) is 26.0 Å². The first kappa shape index (κ1) is 7.70. The maximum absolute atomic E-state index is 5.76. The van der Waals surface area contributed by atoms with Crippen molar-refractivity contribution in [2.45, 2.75) is 32.7 Å². The van der Waals surface area contributed by atoms with Gasteiger partial charge in [-0.1, -0.05) is 19.1 Å². The first-order valence-corrected chi connectivity index (χ1v) is 2.95. The van der Waals surface area contributed by atoms with E-state index in [1.54, 1.807) is 0 Å². The highest BCUT2D eigenvalue weighted by Gasteiger charge is 2.14. The van der Waals surface area contributed by atoms with E-state index in [1.807, 2.05) is 13.8 Å². The van der Waals surface area contributed by atoms with Crippen molar-refractivity contribution in [1.29, 1.82) is 0 Å². The highest BCUT2D eigenvalue weighted by Crippen LogP contribution is 2.13. The minimum absolute atomic E-state index is 0.153. The molecule has 0 aliphatic rings. The predicted octanol–water partition coefficient (Wildman–Crippen LogP) is 1.69. The second kappa shape index (κ2) is 2.31. The Kier molecular flexibility index (Phi) is 2.23. The van der Waals surface area contributed by atoms with Gasteiger partial charge in [0.2, 0.25) is 0 Å². The van der Waals surface area contributed by atoms with Gasteiger partial charge in [0.25, 0.3) is 0 Å². The fourth-order valence-electron chi connectivity index (χ4n) is 0.302. The van der Waals surface area contributed by atoms with Crippen LogP contribution in [0.15, 0.2) is 12.2 Å². The number of hydrogen-bond donors (Lipinski definition) is 1. The third kappa shape index (κ3) is 1.66. The highest BCUT2D eigenvalue weighted by molar-refractivity contribution is 5.09. The molecule has 1 atom stereocenters. The first-order valence-electron chi connectivity index (χ1n) is 2.95. The van der Waals surface area contributed by atoms with Crippen molar-refractivity contribution in [3.8, 4) is 0 Å². The lowest BCUT2D eigenvalue weighted by Gasteiger charge is -2.22. The number of hydrogen-bond acceptors (Lipinski definition) is 1. The molecule has 0 aromatic carbocycles. The molecule has 0 fully saturated rings. The van der Waals surface area contributed by atoms with Crippen LogP contribution in [0.1, 0.15) is 27.2 Å². The Morgan fingerprint density at radius 1 is 1.75 bits per heavy atom. The van der Waals surface area contributed by atoms with Crippen molar-refractivity contribution < 1.29 is 0 Å². The zero-order chi connectivity index (χ0) is 6.78. The molecule has 0 amide bonds. The summed E-state index contributed by atoms with van der Waals surface area (Å²) in [5, 5.41) is 0. The molecule has 8 heavy (non-hydrogen) atoms. The van der Waals surface area contributed by atoms with E-state index in [0.29, 0.717) is 0 Å². The SMILES string of the molecule is C=C(C)C(C)(N)CC. The molecule has 0 heterocycles. The molecule has 0 aromatic heterocycles. The Morgan fingerprint density at radius 2 is 2.12 bits per heavy atom. The molecule has 0 saturated carbocycles. The van der Waals surface area contributed by atoms with E-state index in [0.717, 1.165) is 12.0 Å². The lowest BCUT2D eigenvalue weighted by atomic mass is 9.93. The third-order valence-corrected chi connectivity index (χ3v) is 1.71. The third-order valence-electron chi connectivity index (χ3n) is 1.71. The van der Waals surface area contributed by atoms with Gasteiger partial charge in [-0.25, -0.2) is 0 Å². The molecule has 0 aliphatic heterocycles. The molecule has 0 bridgehead atoms. The van der Waals surface area contributed by atoms with Gasteiger partial charge in [0, 0.05) is 5.54 Å². The van der Waals surface area contributed by atoms with Gasteiger partial charge in [0.15, 0.2) is 0 Å². The Labute approximate surface area is 51.6 Å². The van der Waals surface area contributed by atoms with Crippen LogP contribution in [0.2, 0.25) is 0 Å². The quantitative estimate of drug-likeness (QED) is 0.542. The highest BCUT2D eigenvalue weighted by atomic mass is 14.7. The molecule has 0 rings (SSSR count). The second-order valence-corrected chi connectivity index (χ2v) is 2.55. The van der Waals surface area contributed by atoms with Crippen LogP contribution in [0.3, 0.4) is 0 Å². The Morgan fingerprint density at radius 3 is 2.12 bits per heavy atom. The second-order valence-electron chi connectivity index (χ2n) is 2.55. The molecular weight excluding hydrogens is 98.1 g/mol. The molecule has 2 N–H and O–H groups in total. The van der Waals surface area contributed by atoms with Crippen LogP contribution < -0.4 is 5.73 Å². The van der Waals surface area contributed by atoms with E-state index in [4.69, 9.17) is 5.73 Å². The van der Waals surface area contributed by atoms with E-state index < -0.39 is 0 Å². The minimum atomic E-state index is -0.153. The molecule has 0 spiro atoms. The predicted molar refractivity (Wildman–Crippen MR) is 37.7 cm³/mol. The average molecular weight is 113 g/mol. The lowest BCUT2D eigenvalue weighted by molar-refractivity contribution is 0.532. The van der Waals surface area contributed by atoms with Crippen molar-refractivity contribution >= 4 is 0 Å². The summed E-state index contributed by atoms with van der Waals surface area (Å²) < 4.78 is 0. The van der Waals surface area contributed by atoms with Crippen LogP contribution in [-0.4, -0.2) is 5.54 Å². The summed E-state index contributed by atoms with van der Waals surface area (Å²) in [5.74, 6) is 0. The Balaban J connectivity index is 3.91. The zero-order valence-corrected chi connectivity index (χ0v) is 5.99. The molecule has 0 aliphatic carbocycles. The van der Waals surface area contributed by atoms with Crippen LogP contribution in [0.25, 0.3) is 0 Å². The van der Waals surface area contributed by atoms with Crippen LogP contribution in [0, 0.1) is 0 Å². The normalized spacial score (nSPS) is 17.5. The van der Waals surface area contributed by atoms with Gasteiger partial charge in [0.05, 0.1) is 0 Å². The molecule has 48 valence electrons. The van der Waals surface area contributed by atoms with Gasteiger partial charge in [-0.05, 0) is 20.3 Å². The van der Waals surface area contributed by atoms with Crippen molar-refractivity contribution in [2.75, 3.05) is 0 Å². The fraction of sp³-hybridized carbons (Fsp3) is 0.714. The van der Waals surface area contributed by atoms with Gasteiger partial charge in [-0.3, -0.25) is 0 Å². The van der Waals surface area contributed by atoms with Crippen LogP contribution in [0.4, 0.5) is 0 Å². The summed E-state index contributed by atoms with van der Waals surface area (Å²) in [6.45, 7) is 9.79. The molecule has 0 radical (unpaired) electrons. The monoisotopic (exact) mass is 113 g/mol. The van der Waals surface area contributed by atoms with E-state index in [2.05, 4.69) is 13.5 Å². The molecular formula is C7H15N. The van der Waals surface area contributed by atoms with Crippen molar-refractivity contribution in [1.82, 2.24) is 0 Å². The van der Waals surface area contributed by atoms with E-state index >= 15 is 0 Å². The summed E-state index contributed by atoms with van der Waals surface area (Å²) in [6, 6.07) is 0. The maximum atomic E-state index is 5.76. The lowest BCUT2D eigenvalue weighted by Crippen LogP contribution is -2.35. The summed E-state index contributed by atoms with van der Waals surface area (Å²) in [7, 11) is 0. The smallest absolute Gasteiger partial charge is 0.0332 e. The molecule has 1 heteroatoms. The Hall–Kier alpha value is -0.300. The van der Waals surface area contributed by atoms with Gasteiger partial charge in [0.1, 0.15) is 0 Å². The molecule has 0 aromatic rings. The fourth-order valence-corrected chi connectivity index (χ4v) is 0.302. The summed E-state index contributed by atoms with van der Waals surface area (Å²) >= 11 is 0. The van der Waals surface area contributed by atoms with Gasteiger partial charge >= 0.3 is 0 Å². The first-order chi connectivity index (χ1) is 3.50. The van der Waals surface area contributed by atoms with E-state index in [1.165, 1.54) is 0 Å². The summed E-state index contributed by atoms with van der Waals surface area (Å²) in [4.78, 5) is 0. The molecule has 1 unspecified atom stereocenters. The maximum Gasteiger partial charge on any atom is 0.0332 e. The Bertz CT molecular complexity index is 92.6. The minimum Gasteiger partial charge on any atom is -0.322 e. The standard InChI is InChI=1S/C7H15N/c1-5-7(4,8)6(2)3/h2,5,8H2,1,3-4H3.